The Morgan fingerprint density at radius 1 is 1.17 bits per heavy atom. The predicted molar refractivity (Wildman–Crippen MR) is 78.0 cm³/mol. The molecule has 0 spiro atoms. The van der Waals surface area contributed by atoms with Crippen LogP contribution in [0.2, 0.25) is 0 Å². The molecule has 1 N–H and O–H groups in total. The van der Waals surface area contributed by atoms with Gasteiger partial charge in [0.25, 0.3) is 0 Å². The van der Waals surface area contributed by atoms with Gasteiger partial charge in [-0.3, -0.25) is 0 Å². The van der Waals surface area contributed by atoms with Gasteiger partial charge in [-0.1, -0.05) is 34.1 Å². The maximum Gasteiger partial charge on any atom is 0.135 e. The number of nitrogens with one attached hydrogen (secondary N) is 1. The van der Waals surface area contributed by atoms with Gasteiger partial charge >= 0.3 is 0 Å². The van der Waals surface area contributed by atoms with E-state index in [1.54, 1.807) is 0 Å². The van der Waals surface area contributed by atoms with Crippen LogP contribution in [0.1, 0.15) is 22.6 Å². The molecule has 0 atom stereocenters. The zero-order chi connectivity index (χ0) is 13.1. The third-order valence-corrected chi connectivity index (χ3v) is 3.75. The highest BCUT2D eigenvalue weighted by molar-refractivity contribution is 9.10. The van der Waals surface area contributed by atoms with Crippen molar-refractivity contribution in [1.29, 1.82) is 0 Å². The quantitative estimate of drug-likeness (QED) is 0.943. The Bertz CT molecular complexity index is 567. The van der Waals surface area contributed by atoms with E-state index in [2.05, 4.69) is 37.3 Å². The lowest BCUT2D eigenvalue weighted by Crippen LogP contribution is -2.06. The lowest BCUT2D eigenvalue weighted by atomic mass is 10.1. The van der Waals surface area contributed by atoms with E-state index >= 15 is 0 Å². The van der Waals surface area contributed by atoms with Crippen molar-refractivity contribution in [3.8, 4) is 0 Å². The second-order valence-corrected chi connectivity index (χ2v) is 5.07. The number of nitrogens with zero attached hydrogens (tertiary/aromatic N) is 2. The number of hydrogen-bond donors (Lipinski definition) is 1. The third-order valence-electron chi connectivity index (χ3n) is 2.98. The molecule has 3 nitrogen and oxygen atoms in total. The van der Waals surface area contributed by atoms with E-state index in [4.69, 9.17) is 0 Å². The highest BCUT2D eigenvalue weighted by Gasteiger charge is 2.08. The molecule has 94 valence electrons. The van der Waals surface area contributed by atoms with E-state index < -0.39 is 0 Å². The first-order valence-electron chi connectivity index (χ1n) is 5.87. The molecule has 0 bridgehead atoms. The molecular weight excluding hydrogens is 290 g/mol. The second-order valence-electron chi connectivity index (χ2n) is 4.22. The summed E-state index contributed by atoms with van der Waals surface area (Å²) in [7, 11) is 1.89. The molecule has 1 aromatic heterocycles. The van der Waals surface area contributed by atoms with Gasteiger partial charge in [-0.15, -0.1) is 0 Å². The number of hydrogen-bond acceptors (Lipinski definition) is 3. The minimum absolute atomic E-state index is 0.733. The summed E-state index contributed by atoms with van der Waals surface area (Å²) >= 11 is 3.55. The Balaban J connectivity index is 2.36. The standard InChI is InChI=1S/C14H16BrN3/c1-9-10(2)17-13(18-14(9)16-3)8-11-6-4-5-7-12(11)15/h4-7H,8H2,1-3H3,(H,16,17,18). The van der Waals surface area contributed by atoms with Crippen molar-refractivity contribution in [2.24, 2.45) is 0 Å². The maximum atomic E-state index is 4.55. The van der Waals surface area contributed by atoms with Gasteiger partial charge in [-0.2, -0.15) is 0 Å². The monoisotopic (exact) mass is 305 g/mol. The molecule has 0 amide bonds. The van der Waals surface area contributed by atoms with E-state index in [-0.39, 0.29) is 0 Å². The van der Waals surface area contributed by atoms with Crippen LogP contribution in [0.25, 0.3) is 0 Å². The first-order chi connectivity index (χ1) is 8.61. The minimum atomic E-state index is 0.733. The fourth-order valence-electron chi connectivity index (χ4n) is 1.82. The maximum absolute atomic E-state index is 4.55. The molecule has 2 aromatic rings. The molecule has 4 heteroatoms. The topological polar surface area (TPSA) is 37.8 Å². The van der Waals surface area contributed by atoms with Crippen LogP contribution in [0.4, 0.5) is 5.82 Å². The van der Waals surface area contributed by atoms with Crippen molar-refractivity contribution >= 4 is 21.7 Å². The normalized spacial score (nSPS) is 10.4. The van der Waals surface area contributed by atoms with Crippen molar-refractivity contribution in [1.82, 2.24) is 9.97 Å². The summed E-state index contributed by atoms with van der Waals surface area (Å²) in [5.74, 6) is 1.75. The third kappa shape index (κ3) is 2.70. The SMILES string of the molecule is CNc1nc(Cc2ccccc2Br)nc(C)c1C. The summed E-state index contributed by atoms with van der Waals surface area (Å²) in [6.45, 7) is 4.05. The average molecular weight is 306 g/mol. The summed E-state index contributed by atoms with van der Waals surface area (Å²) in [5, 5.41) is 3.11. The largest absolute Gasteiger partial charge is 0.373 e. The van der Waals surface area contributed by atoms with Crippen LogP contribution in [0.5, 0.6) is 0 Å². The molecule has 0 radical (unpaired) electrons. The number of halogens is 1. The highest BCUT2D eigenvalue weighted by atomic mass is 79.9. The van der Waals surface area contributed by atoms with Crippen molar-refractivity contribution in [2.75, 3.05) is 12.4 Å². The Labute approximate surface area is 116 Å². The zero-order valence-corrected chi connectivity index (χ0v) is 12.4. The van der Waals surface area contributed by atoms with E-state index in [0.29, 0.717) is 0 Å². The Hall–Kier alpha value is -1.42. The number of rotatable bonds is 3. The molecule has 18 heavy (non-hydrogen) atoms. The van der Waals surface area contributed by atoms with Crippen LogP contribution in [0, 0.1) is 13.8 Å². The molecule has 0 saturated carbocycles. The van der Waals surface area contributed by atoms with Gasteiger partial charge in [0.1, 0.15) is 11.6 Å². The lowest BCUT2D eigenvalue weighted by molar-refractivity contribution is 0.927. The fraction of sp³-hybridized carbons (Fsp3) is 0.286. The molecule has 0 unspecified atom stereocenters. The number of aromatic nitrogens is 2. The second kappa shape index (κ2) is 5.48. The van der Waals surface area contributed by atoms with Crippen LogP contribution in [0.3, 0.4) is 0 Å². The number of aryl methyl sites for hydroxylation is 1. The van der Waals surface area contributed by atoms with Crippen LogP contribution >= 0.6 is 15.9 Å². The lowest BCUT2D eigenvalue weighted by Gasteiger charge is -2.10. The average Bonchev–Trinajstić information content (AvgIpc) is 2.36. The molecule has 0 aliphatic heterocycles. The molecule has 0 saturated heterocycles. The summed E-state index contributed by atoms with van der Waals surface area (Å²) in [4.78, 5) is 9.09. The van der Waals surface area contributed by atoms with Crippen LogP contribution in [-0.2, 0) is 6.42 Å². The predicted octanol–water partition coefficient (Wildman–Crippen LogP) is 3.49. The van der Waals surface area contributed by atoms with Gasteiger partial charge < -0.3 is 5.32 Å². The first kappa shape index (κ1) is 13.0. The van der Waals surface area contributed by atoms with Gasteiger partial charge in [-0.05, 0) is 25.5 Å². The van der Waals surface area contributed by atoms with Crippen LogP contribution in [-0.4, -0.2) is 17.0 Å². The molecular formula is C14H16BrN3. The first-order valence-corrected chi connectivity index (χ1v) is 6.66. The summed E-state index contributed by atoms with van der Waals surface area (Å²) < 4.78 is 1.10. The molecule has 0 fully saturated rings. The molecule has 1 aromatic carbocycles. The van der Waals surface area contributed by atoms with Gasteiger partial charge in [0, 0.05) is 29.2 Å². The Kier molecular flexibility index (Phi) is 3.97. The molecule has 0 aliphatic rings. The zero-order valence-electron chi connectivity index (χ0n) is 10.8. The van der Waals surface area contributed by atoms with Crippen molar-refractivity contribution in [2.45, 2.75) is 20.3 Å². The molecule has 2 rings (SSSR count). The number of benzene rings is 1. The van der Waals surface area contributed by atoms with Crippen molar-refractivity contribution in [3.05, 3.63) is 51.4 Å². The van der Waals surface area contributed by atoms with E-state index in [0.717, 1.165) is 33.8 Å². The van der Waals surface area contributed by atoms with E-state index in [9.17, 15) is 0 Å². The van der Waals surface area contributed by atoms with E-state index in [1.165, 1.54) is 5.56 Å². The van der Waals surface area contributed by atoms with Crippen LogP contribution < -0.4 is 5.32 Å². The fourth-order valence-corrected chi connectivity index (χ4v) is 2.25. The highest BCUT2D eigenvalue weighted by Crippen LogP contribution is 2.20. The van der Waals surface area contributed by atoms with Gasteiger partial charge in [0.15, 0.2) is 0 Å². The molecule has 1 heterocycles. The smallest absolute Gasteiger partial charge is 0.135 e. The summed E-state index contributed by atoms with van der Waals surface area (Å²) in [5.41, 5.74) is 3.33. The minimum Gasteiger partial charge on any atom is -0.373 e. The Morgan fingerprint density at radius 2 is 1.89 bits per heavy atom. The van der Waals surface area contributed by atoms with Gasteiger partial charge in [-0.25, -0.2) is 9.97 Å². The molecule has 0 aliphatic carbocycles. The van der Waals surface area contributed by atoms with Crippen molar-refractivity contribution < 1.29 is 0 Å². The van der Waals surface area contributed by atoms with Gasteiger partial charge in [0.2, 0.25) is 0 Å². The number of anilines is 1. The van der Waals surface area contributed by atoms with Gasteiger partial charge in [0.05, 0.1) is 0 Å². The Morgan fingerprint density at radius 3 is 2.56 bits per heavy atom. The van der Waals surface area contributed by atoms with Crippen LogP contribution in [0.15, 0.2) is 28.7 Å². The summed E-state index contributed by atoms with van der Waals surface area (Å²) in [6, 6.07) is 8.16. The van der Waals surface area contributed by atoms with E-state index in [1.807, 2.05) is 39.1 Å². The van der Waals surface area contributed by atoms with Crippen molar-refractivity contribution in [3.63, 3.8) is 0 Å². The summed E-state index contributed by atoms with van der Waals surface area (Å²) in [6.07, 6.45) is 0.733.